The van der Waals surface area contributed by atoms with Gasteiger partial charge in [0, 0.05) is 12.6 Å². The third-order valence-corrected chi connectivity index (χ3v) is 2.11. The highest BCUT2D eigenvalue weighted by atomic mass is 16.1. The molecular weight excluding hydrogens is 176 g/mol. The van der Waals surface area contributed by atoms with E-state index in [2.05, 4.69) is 5.32 Å². The Morgan fingerprint density at radius 3 is 2.50 bits per heavy atom. The lowest BCUT2D eigenvalue weighted by Gasteiger charge is -2.02. The first-order valence-electron chi connectivity index (χ1n) is 4.79. The minimum atomic E-state index is -0.0459. The Balaban J connectivity index is 2.63. The molecule has 0 spiro atoms. The van der Waals surface area contributed by atoms with Gasteiger partial charge in [-0.05, 0) is 37.1 Å². The molecule has 0 aliphatic rings. The first kappa shape index (κ1) is 10.7. The lowest BCUT2D eigenvalue weighted by molar-refractivity contribution is 0.0963. The predicted molar refractivity (Wildman–Crippen MR) is 57.2 cm³/mol. The van der Waals surface area contributed by atoms with Crippen molar-refractivity contribution in [3.05, 3.63) is 35.4 Å². The first-order valence-corrected chi connectivity index (χ1v) is 4.79. The van der Waals surface area contributed by atoms with E-state index in [0.29, 0.717) is 12.1 Å². The lowest BCUT2D eigenvalue weighted by atomic mass is 10.1. The van der Waals surface area contributed by atoms with Gasteiger partial charge in [-0.3, -0.25) is 4.79 Å². The third kappa shape index (κ3) is 2.85. The molecule has 1 rings (SSSR count). The fraction of sp³-hybridized carbons (Fsp3) is 0.364. The summed E-state index contributed by atoms with van der Waals surface area (Å²) >= 11 is 0. The highest BCUT2D eigenvalue weighted by Gasteiger charge is 2.01. The van der Waals surface area contributed by atoms with Crippen molar-refractivity contribution < 1.29 is 4.79 Å². The second-order valence-corrected chi connectivity index (χ2v) is 3.17. The number of amides is 1. The minimum absolute atomic E-state index is 0.0459. The van der Waals surface area contributed by atoms with Crippen molar-refractivity contribution in [2.45, 2.75) is 12.8 Å². The molecule has 0 unspecified atom stereocenters. The summed E-state index contributed by atoms with van der Waals surface area (Å²) in [6.07, 6.45) is 1.96. The van der Waals surface area contributed by atoms with Gasteiger partial charge in [-0.15, -0.1) is 0 Å². The second kappa shape index (κ2) is 5.40. The second-order valence-electron chi connectivity index (χ2n) is 3.17. The van der Waals surface area contributed by atoms with Crippen molar-refractivity contribution in [1.82, 2.24) is 5.32 Å². The Kier molecular flexibility index (Phi) is 4.13. The fourth-order valence-electron chi connectivity index (χ4n) is 1.27. The van der Waals surface area contributed by atoms with Gasteiger partial charge in [-0.1, -0.05) is 12.1 Å². The zero-order valence-corrected chi connectivity index (χ0v) is 8.42. The van der Waals surface area contributed by atoms with Crippen LogP contribution in [0.5, 0.6) is 0 Å². The molecule has 0 atom stereocenters. The molecule has 14 heavy (non-hydrogen) atoms. The standard InChI is InChI=1S/C11H16N2O/c1-13-11(14)10-6-4-9(5-7-10)3-2-8-12/h4-7H,2-3,8,12H2,1H3,(H,13,14). The molecule has 0 aromatic heterocycles. The molecule has 1 amide bonds. The predicted octanol–water partition coefficient (Wildman–Crippen LogP) is 0.937. The highest BCUT2D eigenvalue weighted by molar-refractivity contribution is 5.93. The number of hydrogen-bond donors (Lipinski definition) is 2. The van der Waals surface area contributed by atoms with Crippen molar-refractivity contribution >= 4 is 5.91 Å². The van der Waals surface area contributed by atoms with E-state index in [1.165, 1.54) is 5.56 Å². The summed E-state index contributed by atoms with van der Waals surface area (Å²) in [5.74, 6) is -0.0459. The molecule has 0 saturated carbocycles. The Morgan fingerprint density at radius 1 is 1.36 bits per heavy atom. The van der Waals surface area contributed by atoms with Crippen molar-refractivity contribution in [3.63, 3.8) is 0 Å². The molecule has 1 aromatic rings. The summed E-state index contributed by atoms with van der Waals surface area (Å²) in [6.45, 7) is 0.706. The average Bonchev–Trinajstić information content (AvgIpc) is 2.26. The van der Waals surface area contributed by atoms with E-state index in [9.17, 15) is 4.79 Å². The van der Waals surface area contributed by atoms with Crippen LogP contribution in [0.3, 0.4) is 0 Å². The van der Waals surface area contributed by atoms with Crippen LogP contribution in [0.4, 0.5) is 0 Å². The molecule has 1 aromatic carbocycles. The quantitative estimate of drug-likeness (QED) is 0.746. The van der Waals surface area contributed by atoms with E-state index < -0.39 is 0 Å². The maximum Gasteiger partial charge on any atom is 0.251 e. The summed E-state index contributed by atoms with van der Waals surface area (Å²) in [4.78, 5) is 11.2. The number of nitrogens with one attached hydrogen (secondary N) is 1. The number of nitrogens with two attached hydrogens (primary N) is 1. The van der Waals surface area contributed by atoms with Crippen LogP contribution in [-0.2, 0) is 6.42 Å². The molecule has 0 fully saturated rings. The van der Waals surface area contributed by atoms with Gasteiger partial charge in [0.25, 0.3) is 5.91 Å². The van der Waals surface area contributed by atoms with Crippen LogP contribution in [0.15, 0.2) is 24.3 Å². The first-order chi connectivity index (χ1) is 6.77. The van der Waals surface area contributed by atoms with Crippen LogP contribution >= 0.6 is 0 Å². The minimum Gasteiger partial charge on any atom is -0.355 e. The Morgan fingerprint density at radius 2 is 2.00 bits per heavy atom. The van der Waals surface area contributed by atoms with Crippen LogP contribution < -0.4 is 11.1 Å². The van der Waals surface area contributed by atoms with E-state index in [4.69, 9.17) is 5.73 Å². The smallest absolute Gasteiger partial charge is 0.251 e. The van der Waals surface area contributed by atoms with E-state index in [-0.39, 0.29) is 5.91 Å². The topological polar surface area (TPSA) is 55.1 Å². The van der Waals surface area contributed by atoms with E-state index in [1.807, 2.05) is 24.3 Å². The van der Waals surface area contributed by atoms with E-state index in [1.54, 1.807) is 7.05 Å². The molecule has 3 nitrogen and oxygen atoms in total. The van der Waals surface area contributed by atoms with Gasteiger partial charge in [-0.2, -0.15) is 0 Å². The molecule has 3 N–H and O–H groups in total. The van der Waals surface area contributed by atoms with Crippen LogP contribution in [-0.4, -0.2) is 19.5 Å². The zero-order chi connectivity index (χ0) is 10.4. The monoisotopic (exact) mass is 192 g/mol. The number of benzene rings is 1. The van der Waals surface area contributed by atoms with Gasteiger partial charge in [0.1, 0.15) is 0 Å². The molecule has 0 saturated heterocycles. The summed E-state index contributed by atoms with van der Waals surface area (Å²) in [7, 11) is 1.63. The van der Waals surface area contributed by atoms with Crippen molar-refractivity contribution in [3.8, 4) is 0 Å². The van der Waals surface area contributed by atoms with E-state index >= 15 is 0 Å². The molecule has 0 aliphatic carbocycles. The van der Waals surface area contributed by atoms with E-state index in [0.717, 1.165) is 12.8 Å². The average molecular weight is 192 g/mol. The summed E-state index contributed by atoms with van der Waals surface area (Å²) in [6, 6.07) is 7.62. The van der Waals surface area contributed by atoms with Gasteiger partial charge >= 0.3 is 0 Å². The number of carbonyl (C=O) groups excluding carboxylic acids is 1. The normalized spacial score (nSPS) is 9.86. The number of hydrogen-bond acceptors (Lipinski definition) is 2. The number of rotatable bonds is 4. The van der Waals surface area contributed by atoms with Gasteiger partial charge in [-0.25, -0.2) is 0 Å². The van der Waals surface area contributed by atoms with Gasteiger partial charge < -0.3 is 11.1 Å². The van der Waals surface area contributed by atoms with Crippen molar-refractivity contribution in [2.24, 2.45) is 5.73 Å². The fourth-order valence-corrected chi connectivity index (χ4v) is 1.27. The van der Waals surface area contributed by atoms with Crippen LogP contribution in [0, 0.1) is 0 Å². The maximum absolute atomic E-state index is 11.2. The number of aryl methyl sites for hydroxylation is 1. The summed E-state index contributed by atoms with van der Waals surface area (Å²) in [5.41, 5.74) is 7.34. The zero-order valence-electron chi connectivity index (χ0n) is 8.42. The molecule has 0 aliphatic heterocycles. The highest BCUT2D eigenvalue weighted by Crippen LogP contribution is 2.06. The van der Waals surface area contributed by atoms with Crippen LogP contribution in [0.2, 0.25) is 0 Å². The Hall–Kier alpha value is -1.35. The van der Waals surface area contributed by atoms with Gasteiger partial charge in [0.05, 0.1) is 0 Å². The van der Waals surface area contributed by atoms with Gasteiger partial charge in [0.2, 0.25) is 0 Å². The molecule has 0 bridgehead atoms. The van der Waals surface area contributed by atoms with Crippen molar-refractivity contribution in [1.29, 1.82) is 0 Å². The van der Waals surface area contributed by atoms with Crippen LogP contribution in [0.1, 0.15) is 22.3 Å². The molecule has 0 radical (unpaired) electrons. The van der Waals surface area contributed by atoms with Gasteiger partial charge in [0.15, 0.2) is 0 Å². The lowest BCUT2D eigenvalue weighted by Crippen LogP contribution is -2.17. The molecular formula is C11H16N2O. The molecule has 3 heteroatoms. The Bertz CT molecular complexity index is 293. The summed E-state index contributed by atoms with van der Waals surface area (Å²) in [5, 5.41) is 2.58. The SMILES string of the molecule is CNC(=O)c1ccc(CCCN)cc1. The van der Waals surface area contributed by atoms with Crippen molar-refractivity contribution in [2.75, 3.05) is 13.6 Å². The maximum atomic E-state index is 11.2. The molecule has 76 valence electrons. The largest absolute Gasteiger partial charge is 0.355 e. The number of carbonyl (C=O) groups is 1. The summed E-state index contributed by atoms with van der Waals surface area (Å²) < 4.78 is 0. The Labute approximate surface area is 84.3 Å². The molecule has 0 heterocycles. The third-order valence-electron chi connectivity index (χ3n) is 2.11. The van der Waals surface area contributed by atoms with Crippen LogP contribution in [0.25, 0.3) is 0 Å².